The van der Waals surface area contributed by atoms with Gasteiger partial charge in [0, 0.05) is 12.1 Å². The molecular weight excluding hydrogens is 358 g/mol. The Hall–Kier alpha value is -3.03. The molecule has 2 amide bonds. The van der Waals surface area contributed by atoms with Crippen LogP contribution >= 0.6 is 0 Å². The quantitative estimate of drug-likeness (QED) is 0.779. The van der Waals surface area contributed by atoms with Crippen LogP contribution in [0.4, 0.5) is 4.79 Å². The van der Waals surface area contributed by atoms with Crippen molar-refractivity contribution in [1.82, 2.24) is 14.7 Å². The van der Waals surface area contributed by atoms with Crippen LogP contribution in [0.2, 0.25) is 0 Å². The smallest absolute Gasteiger partial charge is 0.410 e. The molecule has 1 unspecified atom stereocenters. The third kappa shape index (κ3) is 3.81. The van der Waals surface area contributed by atoms with Gasteiger partial charge in [-0.2, -0.15) is 5.10 Å². The third-order valence-electron chi connectivity index (χ3n) is 4.51. The van der Waals surface area contributed by atoms with Crippen LogP contribution in [0.1, 0.15) is 55.4 Å². The number of fused-ring (bicyclic) bond motifs is 1. The highest BCUT2D eigenvalue weighted by atomic mass is 16.6. The van der Waals surface area contributed by atoms with Crippen molar-refractivity contribution in [3.05, 3.63) is 41.1 Å². The van der Waals surface area contributed by atoms with E-state index in [-0.39, 0.29) is 18.2 Å². The van der Waals surface area contributed by atoms with E-state index >= 15 is 0 Å². The number of carbonyl (C=O) groups excluding carboxylic acids is 2. The van der Waals surface area contributed by atoms with E-state index in [9.17, 15) is 9.59 Å². The first-order valence-electron chi connectivity index (χ1n) is 9.19. The molecule has 0 bridgehead atoms. The zero-order chi connectivity index (χ0) is 20.6. The minimum absolute atomic E-state index is 0.146. The van der Waals surface area contributed by atoms with Gasteiger partial charge in [-0.05, 0) is 40.7 Å². The van der Waals surface area contributed by atoms with Crippen LogP contribution in [0.5, 0.6) is 0 Å². The van der Waals surface area contributed by atoms with E-state index in [1.165, 1.54) is 0 Å². The maximum absolute atomic E-state index is 12.6. The summed E-state index contributed by atoms with van der Waals surface area (Å²) in [6, 6.07) is 7.52. The number of benzene rings is 1. The number of ether oxygens (including phenoxy) is 1. The van der Waals surface area contributed by atoms with Crippen LogP contribution in [0.15, 0.2) is 29.4 Å². The summed E-state index contributed by atoms with van der Waals surface area (Å²) in [5.74, 6) is -0.670. The highest BCUT2D eigenvalue weighted by molar-refractivity contribution is 6.01. The summed E-state index contributed by atoms with van der Waals surface area (Å²) in [6.07, 6.45) is -0.440. The summed E-state index contributed by atoms with van der Waals surface area (Å²) >= 11 is 0. The van der Waals surface area contributed by atoms with Gasteiger partial charge in [-0.15, -0.1) is 5.11 Å². The van der Waals surface area contributed by atoms with Gasteiger partial charge in [0.25, 0.3) is 5.91 Å². The molecule has 3 rings (SSSR count). The molecule has 0 radical (unpaired) electrons. The van der Waals surface area contributed by atoms with Crippen molar-refractivity contribution < 1.29 is 14.3 Å². The second-order valence-corrected chi connectivity index (χ2v) is 8.11. The Balaban J connectivity index is 2.08. The first kappa shape index (κ1) is 19.7. The number of carbonyl (C=O) groups is 2. The second-order valence-electron chi connectivity index (χ2n) is 8.11. The molecule has 1 N–H and O–H groups in total. The van der Waals surface area contributed by atoms with Crippen LogP contribution in [0, 0.1) is 12.5 Å². The molecule has 2 aromatic rings. The SMILES string of the molecule is Cc1cccc(-c2nn3c(c2C(=O)N=N)CN(C(=O)OC(C)(C)C)CC3C)c1. The molecule has 28 heavy (non-hydrogen) atoms. The first-order valence-corrected chi connectivity index (χ1v) is 9.19. The Morgan fingerprint density at radius 3 is 2.64 bits per heavy atom. The molecular formula is C20H25N5O3. The summed E-state index contributed by atoms with van der Waals surface area (Å²) < 4.78 is 7.25. The molecule has 8 nitrogen and oxygen atoms in total. The highest BCUT2D eigenvalue weighted by Gasteiger charge is 2.35. The molecule has 0 fully saturated rings. The maximum Gasteiger partial charge on any atom is 0.410 e. The van der Waals surface area contributed by atoms with Gasteiger partial charge < -0.3 is 9.64 Å². The van der Waals surface area contributed by atoms with Crippen molar-refractivity contribution in [2.75, 3.05) is 6.54 Å². The minimum atomic E-state index is -0.670. The fourth-order valence-corrected chi connectivity index (χ4v) is 3.37. The summed E-state index contributed by atoms with van der Waals surface area (Å²) in [5.41, 5.74) is 9.77. The van der Waals surface area contributed by atoms with Crippen LogP contribution in [0.3, 0.4) is 0 Å². The lowest BCUT2D eigenvalue weighted by Crippen LogP contribution is -2.43. The van der Waals surface area contributed by atoms with Crippen molar-refractivity contribution in [3.63, 3.8) is 0 Å². The lowest BCUT2D eigenvalue weighted by Gasteiger charge is -2.33. The van der Waals surface area contributed by atoms with Gasteiger partial charge in [0.1, 0.15) is 11.3 Å². The molecule has 1 aromatic carbocycles. The van der Waals surface area contributed by atoms with E-state index < -0.39 is 17.6 Å². The molecule has 148 valence electrons. The molecule has 1 aliphatic rings. The normalized spacial score (nSPS) is 16.5. The minimum Gasteiger partial charge on any atom is -0.444 e. The van der Waals surface area contributed by atoms with Gasteiger partial charge in [-0.25, -0.2) is 10.3 Å². The molecule has 2 heterocycles. The Kier molecular flexibility index (Phi) is 5.06. The number of aromatic nitrogens is 2. The number of amides is 2. The second kappa shape index (κ2) is 7.18. The summed E-state index contributed by atoms with van der Waals surface area (Å²) in [7, 11) is 0. The zero-order valence-corrected chi connectivity index (χ0v) is 16.8. The summed E-state index contributed by atoms with van der Waals surface area (Å²) in [5, 5.41) is 7.78. The standard InChI is InChI=1S/C20H25N5O3/c1-12-7-6-8-14(9-12)17-16(18(26)22-21)15-11-24(10-13(2)25(15)23-17)19(27)28-20(3,4)5/h6-9,13,21H,10-11H2,1-5H3. The number of nitrogens with zero attached hydrogens (tertiary/aromatic N) is 4. The fourth-order valence-electron chi connectivity index (χ4n) is 3.37. The average Bonchev–Trinajstić information content (AvgIpc) is 2.99. The lowest BCUT2D eigenvalue weighted by atomic mass is 10.0. The van der Waals surface area contributed by atoms with Gasteiger partial charge >= 0.3 is 6.09 Å². The summed E-state index contributed by atoms with van der Waals surface area (Å²) in [6.45, 7) is 9.92. The van der Waals surface area contributed by atoms with Crippen molar-refractivity contribution in [3.8, 4) is 11.3 Å². The van der Waals surface area contributed by atoms with Crippen LogP contribution < -0.4 is 0 Å². The van der Waals surface area contributed by atoms with E-state index in [0.717, 1.165) is 11.1 Å². The van der Waals surface area contributed by atoms with Gasteiger partial charge in [0.2, 0.25) is 0 Å². The number of hydrogen-bond acceptors (Lipinski definition) is 5. The van der Waals surface area contributed by atoms with Gasteiger partial charge in [0.15, 0.2) is 0 Å². The lowest BCUT2D eigenvalue weighted by molar-refractivity contribution is 0.0165. The molecule has 1 aromatic heterocycles. The number of hydrogen-bond donors (Lipinski definition) is 1. The maximum atomic E-state index is 12.6. The predicted molar refractivity (Wildman–Crippen MR) is 103 cm³/mol. The number of rotatable bonds is 2. The average molecular weight is 383 g/mol. The van der Waals surface area contributed by atoms with E-state index in [0.29, 0.717) is 17.9 Å². The Labute approximate surface area is 164 Å². The molecule has 0 saturated carbocycles. The molecule has 0 saturated heterocycles. The van der Waals surface area contributed by atoms with Crippen molar-refractivity contribution in [1.29, 1.82) is 5.53 Å². The fraction of sp³-hybridized carbons (Fsp3) is 0.450. The van der Waals surface area contributed by atoms with Crippen LogP contribution in [-0.4, -0.2) is 38.8 Å². The third-order valence-corrected chi connectivity index (χ3v) is 4.51. The molecule has 8 heteroatoms. The Morgan fingerprint density at radius 1 is 1.32 bits per heavy atom. The monoisotopic (exact) mass is 383 g/mol. The largest absolute Gasteiger partial charge is 0.444 e. The van der Waals surface area contributed by atoms with Gasteiger partial charge in [0.05, 0.1) is 23.8 Å². The van der Waals surface area contributed by atoms with Crippen molar-refractivity contribution in [2.24, 2.45) is 5.11 Å². The zero-order valence-electron chi connectivity index (χ0n) is 16.8. The van der Waals surface area contributed by atoms with Gasteiger partial charge in [-0.1, -0.05) is 23.8 Å². The van der Waals surface area contributed by atoms with E-state index in [4.69, 9.17) is 10.3 Å². The van der Waals surface area contributed by atoms with Crippen molar-refractivity contribution in [2.45, 2.75) is 52.8 Å². The van der Waals surface area contributed by atoms with E-state index in [1.54, 1.807) is 9.58 Å². The molecule has 1 aliphatic heterocycles. The Bertz CT molecular complexity index is 942. The molecule has 0 spiro atoms. The topological polar surface area (TPSA) is 101 Å². The van der Waals surface area contributed by atoms with E-state index in [2.05, 4.69) is 10.2 Å². The highest BCUT2D eigenvalue weighted by Crippen LogP contribution is 2.33. The Morgan fingerprint density at radius 2 is 2.04 bits per heavy atom. The van der Waals surface area contributed by atoms with Gasteiger partial charge in [-0.3, -0.25) is 9.48 Å². The number of nitrogens with one attached hydrogen (secondary N) is 1. The first-order chi connectivity index (χ1) is 13.1. The molecule has 0 aliphatic carbocycles. The predicted octanol–water partition coefficient (Wildman–Crippen LogP) is 4.34. The van der Waals surface area contributed by atoms with Crippen LogP contribution in [0.25, 0.3) is 11.3 Å². The van der Waals surface area contributed by atoms with Crippen LogP contribution in [-0.2, 0) is 11.3 Å². The van der Waals surface area contributed by atoms with Crippen molar-refractivity contribution >= 4 is 12.0 Å². The molecule has 1 atom stereocenters. The van der Waals surface area contributed by atoms with E-state index in [1.807, 2.05) is 58.9 Å². The summed E-state index contributed by atoms with van der Waals surface area (Å²) in [4.78, 5) is 26.6. The number of aryl methyl sites for hydroxylation is 1.